The third-order valence-corrected chi connectivity index (χ3v) is 4.89. The minimum Gasteiger partial charge on any atom is -0.497 e. The Morgan fingerprint density at radius 2 is 1.88 bits per heavy atom. The number of aromatic nitrogens is 1. The second kappa shape index (κ2) is 7.23. The van der Waals surface area contributed by atoms with Gasteiger partial charge in [-0.15, -0.1) is 0 Å². The van der Waals surface area contributed by atoms with Crippen molar-refractivity contribution in [2.45, 2.75) is 18.9 Å². The number of hydrogen-bond acceptors (Lipinski definition) is 4. The molecule has 1 amide bonds. The molecule has 0 aliphatic carbocycles. The van der Waals surface area contributed by atoms with Crippen molar-refractivity contribution in [1.82, 2.24) is 14.8 Å². The van der Waals surface area contributed by atoms with Crippen molar-refractivity contribution >= 4 is 5.91 Å². The monoisotopic (exact) mass is 339 g/mol. The summed E-state index contributed by atoms with van der Waals surface area (Å²) in [6.07, 6.45) is 0. The standard InChI is InChI=1S/C20H25N3O2/c1-14-6-5-7-18(21-14)20(24)23-12-17(19(13-23)22(2)3)15-8-10-16(25-4)11-9-15/h5-11,17,19H,12-13H2,1-4H3/t17-,19+/m0/s1. The van der Waals surface area contributed by atoms with Gasteiger partial charge in [-0.05, 0) is 50.8 Å². The maximum Gasteiger partial charge on any atom is 0.272 e. The van der Waals surface area contributed by atoms with Crippen LogP contribution in [0.25, 0.3) is 0 Å². The van der Waals surface area contributed by atoms with E-state index in [1.807, 2.05) is 36.1 Å². The molecule has 132 valence electrons. The third kappa shape index (κ3) is 3.66. The second-order valence-corrected chi connectivity index (χ2v) is 6.78. The van der Waals surface area contributed by atoms with Gasteiger partial charge in [0, 0.05) is 30.7 Å². The van der Waals surface area contributed by atoms with Gasteiger partial charge in [-0.25, -0.2) is 4.98 Å². The van der Waals surface area contributed by atoms with E-state index < -0.39 is 0 Å². The van der Waals surface area contributed by atoms with E-state index >= 15 is 0 Å². The molecule has 1 fully saturated rings. The lowest BCUT2D eigenvalue weighted by Gasteiger charge is -2.25. The first-order valence-electron chi connectivity index (χ1n) is 8.53. The van der Waals surface area contributed by atoms with Gasteiger partial charge in [0.2, 0.25) is 0 Å². The van der Waals surface area contributed by atoms with Gasteiger partial charge in [0.1, 0.15) is 11.4 Å². The van der Waals surface area contributed by atoms with Crippen LogP contribution in [0.2, 0.25) is 0 Å². The highest BCUT2D eigenvalue weighted by atomic mass is 16.5. The van der Waals surface area contributed by atoms with Crippen molar-refractivity contribution in [2.24, 2.45) is 0 Å². The van der Waals surface area contributed by atoms with E-state index in [0.717, 1.165) is 11.4 Å². The minimum absolute atomic E-state index is 0.00608. The molecule has 2 heterocycles. The normalized spacial score (nSPS) is 20.1. The number of nitrogens with zero attached hydrogens (tertiary/aromatic N) is 3. The fraction of sp³-hybridized carbons (Fsp3) is 0.400. The Kier molecular flexibility index (Phi) is 5.04. The average Bonchev–Trinajstić information content (AvgIpc) is 3.07. The number of methoxy groups -OCH3 is 1. The number of likely N-dealkylation sites (tertiary alicyclic amines) is 1. The van der Waals surface area contributed by atoms with Crippen molar-refractivity contribution in [3.63, 3.8) is 0 Å². The Bertz CT molecular complexity index is 743. The smallest absolute Gasteiger partial charge is 0.272 e. The molecule has 5 nitrogen and oxygen atoms in total. The molecule has 1 aromatic carbocycles. The largest absolute Gasteiger partial charge is 0.497 e. The average molecular weight is 339 g/mol. The van der Waals surface area contributed by atoms with E-state index in [2.05, 4.69) is 36.1 Å². The van der Waals surface area contributed by atoms with Gasteiger partial charge in [0.15, 0.2) is 0 Å². The van der Waals surface area contributed by atoms with Gasteiger partial charge in [-0.1, -0.05) is 18.2 Å². The molecule has 0 N–H and O–H groups in total. The first kappa shape index (κ1) is 17.4. The van der Waals surface area contributed by atoms with Crippen LogP contribution in [-0.2, 0) is 0 Å². The summed E-state index contributed by atoms with van der Waals surface area (Å²) in [5, 5.41) is 0. The van der Waals surface area contributed by atoms with Gasteiger partial charge in [0.25, 0.3) is 5.91 Å². The number of benzene rings is 1. The number of carbonyl (C=O) groups excluding carboxylic acids is 1. The van der Waals surface area contributed by atoms with Crippen LogP contribution in [0, 0.1) is 6.92 Å². The van der Waals surface area contributed by atoms with Crippen LogP contribution < -0.4 is 4.74 Å². The number of likely N-dealkylation sites (N-methyl/N-ethyl adjacent to an activating group) is 1. The first-order chi connectivity index (χ1) is 12.0. The van der Waals surface area contributed by atoms with E-state index in [0.29, 0.717) is 18.8 Å². The molecule has 0 bridgehead atoms. The Balaban J connectivity index is 1.83. The summed E-state index contributed by atoms with van der Waals surface area (Å²) >= 11 is 0. The number of aryl methyl sites for hydroxylation is 1. The maximum atomic E-state index is 12.9. The summed E-state index contributed by atoms with van der Waals surface area (Å²) < 4.78 is 5.25. The lowest BCUT2D eigenvalue weighted by molar-refractivity contribution is 0.0776. The topological polar surface area (TPSA) is 45.7 Å². The molecular weight excluding hydrogens is 314 g/mol. The fourth-order valence-corrected chi connectivity index (χ4v) is 3.48. The molecule has 25 heavy (non-hydrogen) atoms. The molecule has 1 aliphatic heterocycles. The third-order valence-electron chi connectivity index (χ3n) is 4.89. The molecule has 2 aromatic rings. The van der Waals surface area contributed by atoms with Gasteiger partial charge < -0.3 is 14.5 Å². The van der Waals surface area contributed by atoms with Crippen molar-refractivity contribution in [3.8, 4) is 5.75 Å². The number of amides is 1. The van der Waals surface area contributed by atoms with E-state index in [4.69, 9.17) is 4.74 Å². The number of carbonyl (C=O) groups is 1. The Hall–Kier alpha value is -2.40. The zero-order chi connectivity index (χ0) is 18.0. The maximum absolute atomic E-state index is 12.9. The van der Waals surface area contributed by atoms with Crippen molar-refractivity contribution < 1.29 is 9.53 Å². The van der Waals surface area contributed by atoms with Crippen molar-refractivity contribution in [2.75, 3.05) is 34.3 Å². The summed E-state index contributed by atoms with van der Waals surface area (Å²) in [5.74, 6) is 1.13. The molecular formula is C20H25N3O2. The van der Waals surface area contributed by atoms with Crippen LogP contribution >= 0.6 is 0 Å². The fourth-order valence-electron chi connectivity index (χ4n) is 3.48. The molecule has 1 aromatic heterocycles. The van der Waals surface area contributed by atoms with Crippen LogP contribution in [0.3, 0.4) is 0 Å². The van der Waals surface area contributed by atoms with Crippen LogP contribution in [-0.4, -0.2) is 61.0 Å². The molecule has 3 rings (SSSR count). The van der Waals surface area contributed by atoms with E-state index in [1.165, 1.54) is 5.56 Å². The van der Waals surface area contributed by atoms with Gasteiger partial charge in [-0.3, -0.25) is 4.79 Å². The van der Waals surface area contributed by atoms with Crippen LogP contribution in [0.15, 0.2) is 42.5 Å². The second-order valence-electron chi connectivity index (χ2n) is 6.78. The number of hydrogen-bond donors (Lipinski definition) is 0. The minimum atomic E-state index is 0.00608. The molecule has 2 atom stereocenters. The summed E-state index contributed by atoms with van der Waals surface area (Å²) in [4.78, 5) is 21.4. The summed E-state index contributed by atoms with van der Waals surface area (Å²) in [6.45, 7) is 3.31. The van der Waals surface area contributed by atoms with Crippen LogP contribution in [0.4, 0.5) is 0 Å². The number of ether oxygens (including phenoxy) is 1. The zero-order valence-corrected chi connectivity index (χ0v) is 15.3. The molecule has 0 saturated carbocycles. The predicted octanol–water partition coefficient (Wildman–Crippen LogP) is 2.57. The van der Waals surface area contributed by atoms with Crippen LogP contribution in [0.5, 0.6) is 5.75 Å². The molecule has 0 radical (unpaired) electrons. The zero-order valence-electron chi connectivity index (χ0n) is 15.3. The summed E-state index contributed by atoms with van der Waals surface area (Å²) in [6, 6.07) is 14.0. The summed E-state index contributed by atoms with van der Waals surface area (Å²) in [7, 11) is 5.81. The molecule has 5 heteroatoms. The summed E-state index contributed by atoms with van der Waals surface area (Å²) in [5.41, 5.74) is 2.61. The SMILES string of the molecule is COc1ccc([C@@H]2CN(C(=O)c3cccc(C)n3)C[C@H]2N(C)C)cc1. The lowest BCUT2D eigenvalue weighted by atomic mass is 9.93. The van der Waals surface area contributed by atoms with E-state index in [1.54, 1.807) is 13.2 Å². The molecule has 0 unspecified atom stereocenters. The number of pyridine rings is 1. The Morgan fingerprint density at radius 3 is 2.48 bits per heavy atom. The first-order valence-corrected chi connectivity index (χ1v) is 8.53. The number of rotatable bonds is 4. The highest BCUT2D eigenvalue weighted by Crippen LogP contribution is 2.32. The van der Waals surface area contributed by atoms with E-state index in [-0.39, 0.29) is 17.9 Å². The van der Waals surface area contributed by atoms with Gasteiger partial charge in [-0.2, -0.15) is 0 Å². The quantitative estimate of drug-likeness (QED) is 0.859. The predicted molar refractivity (Wildman–Crippen MR) is 98.1 cm³/mol. The van der Waals surface area contributed by atoms with E-state index in [9.17, 15) is 4.79 Å². The van der Waals surface area contributed by atoms with Crippen molar-refractivity contribution in [1.29, 1.82) is 0 Å². The molecule has 1 saturated heterocycles. The van der Waals surface area contributed by atoms with Crippen LogP contribution in [0.1, 0.15) is 27.7 Å². The molecule has 1 aliphatic rings. The Morgan fingerprint density at radius 1 is 1.16 bits per heavy atom. The van der Waals surface area contributed by atoms with Gasteiger partial charge in [0.05, 0.1) is 7.11 Å². The Labute approximate surface area is 149 Å². The molecule has 0 spiro atoms. The lowest BCUT2D eigenvalue weighted by Crippen LogP contribution is -2.36. The van der Waals surface area contributed by atoms with Gasteiger partial charge >= 0.3 is 0 Å². The highest BCUT2D eigenvalue weighted by Gasteiger charge is 2.37. The van der Waals surface area contributed by atoms with Crippen molar-refractivity contribution in [3.05, 3.63) is 59.4 Å². The highest BCUT2D eigenvalue weighted by molar-refractivity contribution is 5.92.